The van der Waals surface area contributed by atoms with Gasteiger partial charge >= 0.3 is 5.97 Å². The van der Waals surface area contributed by atoms with Gasteiger partial charge in [0, 0.05) is 12.2 Å². The molecule has 0 rings (SSSR count). The Morgan fingerprint density at radius 2 is 2.13 bits per heavy atom. The average molecular weight is 216 g/mol. The Morgan fingerprint density at radius 1 is 1.53 bits per heavy atom. The predicted octanol–water partition coefficient (Wildman–Crippen LogP) is 0.807. The molecule has 4 nitrogen and oxygen atoms in total. The highest BCUT2D eigenvalue weighted by Gasteiger charge is 2.11. The highest BCUT2D eigenvalue weighted by Crippen LogP contribution is 2.04. The topological polar surface area (TPSA) is 75.4 Å². The number of aliphatic carboxylic acids is 1. The van der Waals surface area contributed by atoms with E-state index in [0.29, 0.717) is 25.1 Å². The number of nitrogens with two attached hydrogens (primary N) is 1. The van der Waals surface area contributed by atoms with Crippen LogP contribution in [-0.4, -0.2) is 30.3 Å². The maximum Gasteiger partial charge on any atom is 0.320 e. The first-order chi connectivity index (χ1) is 6.97. The second-order valence-electron chi connectivity index (χ2n) is 3.32. The lowest BCUT2D eigenvalue weighted by Crippen LogP contribution is -2.30. The summed E-state index contributed by atoms with van der Waals surface area (Å²) in [6.45, 7) is 6.92. The van der Waals surface area contributed by atoms with Crippen molar-refractivity contribution in [3.05, 3.63) is 24.4 Å². The van der Waals surface area contributed by atoms with Crippen LogP contribution >= 0.6 is 0 Å². The Morgan fingerprint density at radius 3 is 2.60 bits per heavy atom. The van der Waals surface area contributed by atoms with Crippen molar-refractivity contribution in [1.82, 2.24) is 5.32 Å². The zero-order valence-corrected chi connectivity index (χ0v) is 8.63. The van der Waals surface area contributed by atoms with E-state index in [1.165, 1.54) is 0 Å². The summed E-state index contributed by atoms with van der Waals surface area (Å²) in [4.78, 5) is 10.4. The highest BCUT2D eigenvalue weighted by atomic mass is 19.1. The number of carboxylic acids is 1. The van der Waals surface area contributed by atoms with Crippen molar-refractivity contribution in [2.45, 2.75) is 18.9 Å². The molecule has 0 aliphatic carbocycles. The van der Waals surface area contributed by atoms with Gasteiger partial charge < -0.3 is 16.2 Å². The zero-order valence-electron chi connectivity index (χ0n) is 8.63. The SMILES string of the molecule is C=C(CCC(N)C(=O)O)CNC(=C)CF. The van der Waals surface area contributed by atoms with Gasteiger partial charge in [-0.1, -0.05) is 18.7 Å². The van der Waals surface area contributed by atoms with Gasteiger partial charge in [-0.05, 0) is 12.8 Å². The maximum atomic E-state index is 12.0. The summed E-state index contributed by atoms with van der Waals surface area (Å²) in [5.41, 5.74) is 6.38. The minimum Gasteiger partial charge on any atom is -0.480 e. The van der Waals surface area contributed by atoms with Crippen LogP contribution in [0.25, 0.3) is 0 Å². The van der Waals surface area contributed by atoms with Crippen molar-refractivity contribution in [2.75, 3.05) is 13.2 Å². The van der Waals surface area contributed by atoms with Crippen LogP contribution in [0, 0.1) is 0 Å². The minimum atomic E-state index is -1.02. The molecule has 0 saturated heterocycles. The van der Waals surface area contributed by atoms with Crippen LogP contribution in [0.5, 0.6) is 0 Å². The first-order valence-electron chi connectivity index (χ1n) is 4.60. The third-order valence-electron chi connectivity index (χ3n) is 1.88. The van der Waals surface area contributed by atoms with Gasteiger partial charge in [-0.25, -0.2) is 4.39 Å². The molecule has 86 valence electrons. The predicted molar refractivity (Wildman–Crippen MR) is 57.1 cm³/mol. The molecular formula is C10H17FN2O2. The Labute approximate surface area is 88.7 Å². The van der Waals surface area contributed by atoms with Crippen LogP contribution in [0.3, 0.4) is 0 Å². The van der Waals surface area contributed by atoms with Gasteiger partial charge in [0.2, 0.25) is 0 Å². The van der Waals surface area contributed by atoms with Gasteiger partial charge in [0.1, 0.15) is 12.7 Å². The monoisotopic (exact) mass is 216 g/mol. The van der Waals surface area contributed by atoms with E-state index in [1.54, 1.807) is 0 Å². The van der Waals surface area contributed by atoms with Gasteiger partial charge in [0.15, 0.2) is 0 Å². The molecule has 0 radical (unpaired) electrons. The van der Waals surface area contributed by atoms with Crippen LogP contribution in [0.1, 0.15) is 12.8 Å². The van der Waals surface area contributed by atoms with Gasteiger partial charge in [0.25, 0.3) is 0 Å². The van der Waals surface area contributed by atoms with Crippen molar-refractivity contribution >= 4 is 5.97 Å². The van der Waals surface area contributed by atoms with Crippen molar-refractivity contribution in [3.63, 3.8) is 0 Å². The zero-order chi connectivity index (χ0) is 11.8. The Hall–Kier alpha value is -1.36. The van der Waals surface area contributed by atoms with Gasteiger partial charge in [-0.2, -0.15) is 0 Å². The molecule has 0 spiro atoms. The quantitative estimate of drug-likeness (QED) is 0.525. The molecule has 0 aliphatic heterocycles. The van der Waals surface area contributed by atoms with Gasteiger partial charge in [0.05, 0.1) is 0 Å². The van der Waals surface area contributed by atoms with E-state index >= 15 is 0 Å². The lowest BCUT2D eigenvalue weighted by Gasteiger charge is -2.10. The third-order valence-corrected chi connectivity index (χ3v) is 1.88. The average Bonchev–Trinajstić information content (AvgIpc) is 2.21. The van der Waals surface area contributed by atoms with Crippen LogP contribution < -0.4 is 11.1 Å². The van der Waals surface area contributed by atoms with E-state index in [1.807, 2.05) is 0 Å². The number of halogens is 1. The molecule has 0 fully saturated rings. The van der Waals surface area contributed by atoms with Crippen LogP contribution in [0.15, 0.2) is 24.4 Å². The maximum absolute atomic E-state index is 12.0. The van der Waals surface area contributed by atoms with Crippen molar-refractivity contribution < 1.29 is 14.3 Å². The molecule has 0 amide bonds. The minimum absolute atomic E-state index is 0.290. The number of rotatable bonds is 8. The second-order valence-corrected chi connectivity index (χ2v) is 3.32. The Kier molecular flexibility index (Phi) is 6.37. The molecule has 15 heavy (non-hydrogen) atoms. The van der Waals surface area contributed by atoms with E-state index < -0.39 is 18.7 Å². The van der Waals surface area contributed by atoms with E-state index in [9.17, 15) is 9.18 Å². The van der Waals surface area contributed by atoms with E-state index in [-0.39, 0.29) is 0 Å². The molecule has 0 heterocycles. The van der Waals surface area contributed by atoms with Crippen molar-refractivity contribution in [2.24, 2.45) is 5.73 Å². The van der Waals surface area contributed by atoms with Gasteiger partial charge in [-0.15, -0.1) is 0 Å². The van der Waals surface area contributed by atoms with Crippen molar-refractivity contribution in [3.8, 4) is 0 Å². The molecule has 4 N–H and O–H groups in total. The standard InChI is InChI=1S/C10H17FN2O2/c1-7(6-13-8(2)5-11)3-4-9(12)10(14)15/h9,13H,1-6,12H2,(H,14,15). The summed E-state index contributed by atoms with van der Waals surface area (Å²) in [5, 5.41) is 11.2. The molecule has 5 heteroatoms. The molecule has 0 bridgehead atoms. The van der Waals surface area contributed by atoms with Crippen LogP contribution in [-0.2, 0) is 4.79 Å². The lowest BCUT2D eigenvalue weighted by atomic mass is 10.1. The molecule has 0 aromatic rings. The van der Waals surface area contributed by atoms with E-state index in [2.05, 4.69) is 18.5 Å². The van der Waals surface area contributed by atoms with E-state index in [0.717, 1.165) is 5.57 Å². The molecule has 1 unspecified atom stereocenters. The number of carbonyl (C=O) groups is 1. The van der Waals surface area contributed by atoms with Crippen LogP contribution in [0.4, 0.5) is 4.39 Å². The molecule has 1 atom stereocenters. The number of allylic oxidation sites excluding steroid dienone is 1. The first-order valence-corrected chi connectivity index (χ1v) is 4.60. The lowest BCUT2D eigenvalue weighted by molar-refractivity contribution is -0.138. The molecule has 0 aromatic carbocycles. The smallest absolute Gasteiger partial charge is 0.320 e. The summed E-state index contributed by atoms with van der Waals surface area (Å²) in [7, 11) is 0. The Balaban J connectivity index is 3.66. The normalized spacial score (nSPS) is 11.9. The van der Waals surface area contributed by atoms with Crippen molar-refractivity contribution in [1.29, 1.82) is 0 Å². The number of carboxylic acid groups (broad SMARTS) is 1. The fourth-order valence-corrected chi connectivity index (χ4v) is 0.869. The summed E-state index contributed by atoms with van der Waals surface area (Å²) in [6.07, 6.45) is 0.831. The number of alkyl halides is 1. The van der Waals surface area contributed by atoms with E-state index in [4.69, 9.17) is 10.8 Å². The first kappa shape index (κ1) is 13.6. The number of nitrogens with one attached hydrogen (secondary N) is 1. The Bertz CT molecular complexity index is 254. The second kappa shape index (κ2) is 7.00. The molecular weight excluding hydrogens is 199 g/mol. The molecule has 0 saturated carbocycles. The van der Waals surface area contributed by atoms with Gasteiger partial charge in [-0.3, -0.25) is 4.79 Å². The highest BCUT2D eigenvalue weighted by molar-refractivity contribution is 5.73. The molecule has 0 aliphatic rings. The van der Waals surface area contributed by atoms with Crippen LogP contribution in [0.2, 0.25) is 0 Å². The largest absolute Gasteiger partial charge is 0.480 e. The number of hydrogen-bond acceptors (Lipinski definition) is 3. The summed E-state index contributed by atoms with van der Waals surface area (Å²) in [6, 6.07) is -0.869. The molecule has 0 aromatic heterocycles. The summed E-state index contributed by atoms with van der Waals surface area (Å²) < 4.78 is 12.0. The third kappa shape index (κ3) is 6.68. The fraction of sp³-hybridized carbons (Fsp3) is 0.500. The summed E-state index contributed by atoms with van der Waals surface area (Å²) >= 11 is 0. The summed E-state index contributed by atoms with van der Waals surface area (Å²) in [5.74, 6) is -1.02. The fourth-order valence-electron chi connectivity index (χ4n) is 0.869. The number of hydrogen-bond donors (Lipinski definition) is 3.